The van der Waals surface area contributed by atoms with E-state index >= 15 is 0 Å². The molecule has 0 spiro atoms. The Morgan fingerprint density at radius 2 is 2.24 bits per heavy atom. The first-order valence-electron chi connectivity index (χ1n) is 5.64. The largest absolute Gasteiger partial charge is 0.359 e. The van der Waals surface area contributed by atoms with Gasteiger partial charge in [0.25, 0.3) is 0 Å². The minimum atomic E-state index is -0.988. The molecule has 2 heterocycles. The molecule has 2 aromatic heterocycles. The lowest BCUT2D eigenvalue weighted by atomic mass is 10.5. The summed E-state index contributed by atoms with van der Waals surface area (Å²) in [4.78, 5) is 1.17. The van der Waals surface area contributed by atoms with Gasteiger partial charge in [0.2, 0.25) is 0 Å². The fraction of sp³-hybridized carbons (Fsp3) is 0.545. The Morgan fingerprint density at radius 3 is 2.94 bits per heavy atom. The van der Waals surface area contributed by atoms with Crippen LogP contribution < -0.4 is 0 Å². The smallest absolute Gasteiger partial charge is 0.140 e. The van der Waals surface area contributed by atoms with Gasteiger partial charge in [-0.2, -0.15) is 5.10 Å². The van der Waals surface area contributed by atoms with Gasteiger partial charge in [-0.3, -0.25) is 0 Å². The second kappa shape index (κ2) is 5.22. The summed E-state index contributed by atoms with van der Waals surface area (Å²) in [6, 6.07) is 3.29. The van der Waals surface area contributed by atoms with E-state index in [0.29, 0.717) is 6.73 Å². The molecule has 3 nitrogen and oxygen atoms in total. The highest BCUT2D eigenvalue weighted by Gasteiger charge is 2.12. The summed E-state index contributed by atoms with van der Waals surface area (Å²) in [5.41, 5.74) is 0. The van der Waals surface area contributed by atoms with Gasteiger partial charge in [-0.1, -0.05) is 19.6 Å². The molecule has 0 atom stereocenters. The molecule has 0 fully saturated rings. The van der Waals surface area contributed by atoms with E-state index in [2.05, 4.69) is 46.7 Å². The summed E-state index contributed by atoms with van der Waals surface area (Å²) in [6.07, 6.45) is 1.89. The van der Waals surface area contributed by atoms with Crippen molar-refractivity contribution in [2.45, 2.75) is 32.4 Å². The standard InChI is InChI=1S/C11H17BrN2OSSi/c1-17(2,3)5-4-15-8-14-11-9(7-13-14)6-10(12)16-11/h6-7H,4-5,8H2,1-3H3. The maximum atomic E-state index is 5.70. The normalized spacial score (nSPS) is 12.5. The van der Waals surface area contributed by atoms with Gasteiger partial charge in [0, 0.05) is 20.1 Å². The molecule has 94 valence electrons. The lowest BCUT2D eigenvalue weighted by Crippen LogP contribution is -2.22. The fourth-order valence-corrected chi connectivity index (χ4v) is 3.73. The average molecular weight is 333 g/mol. The molecule has 0 aromatic carbocycles. The number of aromatic nitrogens is 2. The first-order valence-corrected chi connectivity index (χ1v) is 11.0. The molecule has 0 N–H and O–H groups in total. The molecule has 0 saturated heterocycles. The minimum Gasteiger partial charge on any atom is -0.359 e. The fourth-order valence-electron chi connectivity index (χ4n) is 1.46. The van der Waals surface area contributed by atoms with E-state index in [1.807, 2.05) is 10.9 Å². The van der Waals surface area contributed by atoms with Crippen molar-refractivity contribution in [2.24, 2.45) is 0 Å². The second-order valence-electron chi connectivity index (χ2n) is 5.30. The Kier molecular flexibility index (Phi) is 4.07. The van der Waals surface area contributed by atoms with E-state index in [0.717, 1.165) is 10.4 Å². The van der Waals surface area contributed by atoms with Crippen molar-refractivity contribution >= 4 is 45.6 Å². The molecule has 17 heavy (non-hydrogen) atoms. The van der Waals surface area contributed by atoms with Gasteiger partial charge in [0.15, 0.2) is 0 Å². The summed E-state index contributed by atoms with van der Waals surface area (Å²) in [5, 5.41) is 5.50. The quantitative estimate of drug-likeness (QED) is 0.606. The summed E-state index contributed by atoms with van der Waals surface area (Å²) >= 11 is 5.18. The number of rotatable bonds is 5. The molecule has 0 aliphatic heterocycles. The maximum Gasteiger partial charge on any atom is 0.140 e. The third-order valence-corrected chi connectivity index (χ3v) is 5.86. The Bertz CT molecular complexity index is 503. The number of hydrogen-bond acceptors (Lipinski definition) is 3. The first kappa shape index (κ1) is 13.3. The zero-order valence-corrected chi connectivity index (χ0v) is 13.8. The average Bonchev–Trinajstić information content (AvgIpc) is 2.71. The highest BCUT2D eigenvalue weighted by atomic mass is 79.9. The predicted molar refractivity (Wildman–Crippen MR) is 79.4 cm³/mol. The molecule has 0 aliphatic carbocycles. The van der Waals surface area contributed by atoms with Gasteiger partial charge in [0.05, 0.1) is 9.98 Å². The number of nitrogens with zero attached hydrogens (tertiary/aromatic N) is 2. The summed E-state index contributed by atoms with van der Waals surface area (Å²) in [5.74, 6) is 0. The van der Waals surface area contributed by atoms with Crippen LogP contribution in [-0.2, 0) is 11.5 Å². The second-order valence-corrected chi connectivity index (χ2v) is 13.3. The summed E-state index contributed by atoms with van der Waals surface area (Å²) < 4.78 is 8.76. The van der Waals surface area contributed by atoms with Crippen LogP contribution in [0.1, 0.15) is 0 Å². The molecule has 2 aromatic rings. The Hall–Kier alpha value is -0.173. The molecule has 0 radical (unpaired) electrons. The van der Waals surface area contributed by atoms with Crippen molar-refractivity contribution in [1.29, 1.82) is 0 Å². The van der Waals surface area contributed by atoms with Gasteiger partial charge >= 0.3 is 0 Å². The van der Waals surface area contributed by atoms with Crippen molar-refractivity contribution in [3.05, 3.63) is 16.0 Å². The zero-order valence-electron chi connectivity index (χ0n) is 10.4. The molecular formula is C11H17BrN2OSSi. The molecule has 0 bridgehead atoms. The van der Waals surface area contributed by atoms with Crippen LogP contribution in [0.2, 0.25) is 25.7 Å². The zero-order chi connectivity index (χ0) is 12.5. The molecule has 0 unspecified atom stereocenters. The molecule has 0 aliphatic rings. The van der Waals surface area contributed by atoms with Gasteiger partial charge in [-0.05, 0) is 28.0 Å². The summed E-state index contributed by atoms with van der Waals surface area (Å²) in [7, 11) is -0.988. The Balaban J connectivity index is 1.91. The van der Waals surface area contributed by atoms with Crippen LogP contribution in [0.5, 0.6) is 0 Å². The number of ether oxygens (including phenoxy) is 1. The van der Waals surface area contributed by atoms with Crippen molar-refractivity contribution in [3.63, 3.8) is 0 Å². The number of fused-ring (bicyclic) bond motifs is 1. The Morgan fingerprint density at radius 1 is 1.47 bits per heavy atom. The van der Waals surface area contributed by atoms with Crippen molar-refractivity contribution < 1.29 is 4.74 Å². The topological polar surface area (TPSA) is 27.1 Å². The Labute approximate surface area is 115 Å². The van der Waals surface area contributed by atoms with Crippen LogP contribution in [-0.4, -0.2) is 24.5 Å². The maximum absolute atomic E-state index is 5.70. The van der Waals surface area contributed by atoms with Crippen LogP contribution in [0, 0.1) is 0 Å². The molecular weight excluding hydrogens is 316 g/mol. The van der Waals surface area contributed by atoms with Gasteiger partial charge in [0.1, 0.15) is 11.6 Å². The minimum absolute atomic E-state index is 0.556. The van der Waals surface area contributed by atoms with E-state index < -0.39 is 8.07 Å². The van der Waals surface area contributed by atoms with Crippen molar-refractivity contribution in [2.75, 3.05) is 6.61 Å². The summed E-state index contributed by atoms with van der Waals surface area (Å²) in [6.45, 7) is 8.47. The highest BCUT2D eigenvalue weighted by molar-refractivity contribution is 9.11. The van der Waals surface area contributed by atoms with E-state index in [1.165, 1.54) is 16.3 Å². The van der Waals surface area contributed by atoms with E-state index in [9.17, 15) is 0 Å². The van der Waals surface area contributed by atoms with Crippen LogP contribution in [0.3, 0.4) is 0 Å². The predicted octanol–water partition coefficient (Wildman–Crippen LogP) is 4.17. The highest BCUT2D eigenvalue weighted by Crippen LogP contribution is 2.29. The molecule has 2 rings (SSSR count). The molecule has 0 amide bonds. The molecule has 0 saturated carbocycles. The number of hydrogen-bond donors (Lipinski definition) is 0. The third-order valence-electron chi connectivity index (χ3n) is 2.49. The van der Waals surface area contributed by atoms with E-state index in [4.69, 9.17) is 4.74 Å². The third kappa shape index (κ3) is 3.64. The lowest BCUT2D eigenvalue weighted by Gasteiger charge is -2.15. The van der Waals surface area contributed by atoms with Crippen LogP contribution >= 0.6 is 27.3 Å². The number of thiophene rings is 1. The SMILES string of the molecule is C[Si](C)(C)CCOCn1ncc2cc(Br)sc21. The van der Waals surface area contributed by atoms with Crippen LogP contribution in [0.25, 0.3) is 10.2 Å². The van der Waals surface area contributed by atoms with Gasteiger partial charge in [-0.15, -0.1) is 11.3 Å². The van der Waals surface area contributed by atoms with E-state index in [1.54, 1.807) is 11.3 Å². The number of halogens is 1. The first-order chi connectivity index (χ1) is 7.96. The van der Waals surface area contributed by atoms with Gasteiger partial charge in [-0.25, -0.2) is 4.68 Å². The van der Waals surface area contributed by atoms with Crippen molar-refractivity contribution in [3.8, 4) is 0 Å². The van der Waals surface area contributed by atoms with Crippen LogP contribution in [0.15, 0.2) is 16.0 Å². The van der Waals surface area contributed by atoms with E-state index in [-0.39, 0.29) is 0 Å². The molecule has 6 heteroatoms. The van der Waals surface area contributed by atoms with Crippen LogP contribution in [0.4, 0.5) is 0 Å². The van der Waals surface area contributed by atoms with Gasteiger partial charge < -0.3 is 4.74 Å². The monoisotopic (exact) mass is 332 g/mol. The van der Waals surface area contributed by atoms with Crippen molar-refractivity contribution in [1.82, 2.24) is 9.78 Å². The lowest BCUT2D eigenvalue weighted by molar-refractivity contribution is 0.0820.